The highest BCUT2D eigenvalue weighted by molar-refractivity contribution is 7.13. The van der Waals surface area contributed by atoms with Crippen molar-refractivity contribution in [1.82, 2.24) is 25.8 Å². The Bertz CT molecular complexity index is 612. The Labute approximate surface area is 130 Å². The number of carbonyl (C=O) groups excluding carboxylic acids is 2. The van der Waals surface area contributed by atoms with Gasteiger partial charge in [-0.2, -0.15) is 4.98 Å². The van der Waals surface area contributed by atoms with Crippen LogP contribution >= 0.6 is 11.3 Å². The highest BCUT2D eigenvalue weighted by Crippen LogP contribution is 2.09. The van der Waals surface area contributed by atoms with E-state index in [-0.39, 0.29) is 12.5 Å². The molecule has 0 fully saturated rings. The van der Waals surface area contributed by atoms with E-state index in [0.717, 1.165) is 0 Å². The molecule has 3 N–H and O–H groups in total. The van der Waals surface area contributed by atoms with Crippen molar-refractivity contribution < 1.29 is 14.1 Å². The summed E-state index contributed by atoms with van der Waals surface area (Å²) in [6.07, 6.45) is 2.72. The lowest BCUT2D eigenvalue weighted by molar-refractivity contribution is -0.115. The number of thiazole rings is 1. The van der Waals surface area contributed by atoms with Gasteiger partial charge in [-0.1, -0.05) is 12.1 Å². The third-order valence-corrected chi connectivity index (χ3v) is 3.23. The van der Waals surface area contributed by atoms with Crippen molar-refractivity contribution in [3.63, 3.8) is 0 Å². The van der Waals surface area contributed by atoms with E-state index < -0.39 is 6.03 Å². The maximum absolute atomic E-state index is 11.5. The number of hydrogen-bond donors (Lipinski definition) is 3. The Morgan fingerprint density at radius 3 is 2.91 bits per heavy atom. The third-order valence-electron chi connectivity index (χ3n) is 2.54. The van der Waals surface area contributed by atoms with Gasteiger partial charge < -0.3 is 20.5 Å². The fourth-order valence-electron chi connectivity index (χ4n) is 1.49. The first-order chi connectivity index (χ1) is 10.7. The maximum Gasteiger partial charge on any atom is 0.315 e. The van der Waals surface area contributed by atoms with Crippen LogP contribution in [0.5, 0.6) is 0 Å². The average molecular weight is 324 g/mol. The number of amides is 3. The minimum absolute atomic E-state index is 0.133. The molecule has 2 heterocycles. The summed E-state index contributed by atoms with van der Waals surface area (Å²) in [5.41, 5.74) is 0. The largest absolute Gasteiger partial charge is 0.339 e. The minimum Gasteiger partial charge on any atom is -0.339 e. The number of aromatic nitrogens is 3. The molecule has 22 heavy (non-hydrogen) atoms. The fourth-order valence-corrected chi connectivity index (χ4v) is 2.04. The van der Waals surface area contributed by atoms with Crippen LogP contribution in [0.3, 0.4) is 0 Å². The predicted molar refractivity (Wildman–Crippen MR) is 79.5 cm³/mol. The fraction of sp³-hybridized carbons (Fsp3) is 0.417. The van der Waals surface area contributed by atoms with E-state index in [0.29, 0.717) is 36.2 Å². The lowest BCUT2D eigenvalue weighted by Crippen LogP contribution is -2.40. The van der Waals surface area contributed by atoms with E-state index in [9.17, 15) is 9.59 Å². The van der Waals surface area contributed by atoms with Gasteiger partial charge in [-0.15, -0.1) is 11.3 Å². The van der Waals surface area contributed by atoms with E-state index in [1.807, 2.05) is 6.92 Å². The van der Waals surface area contributed by atoms with Crippen molar-refractivity contribution in [2.75, 3.05) is 18.4 Å². The summed E-state index contributed by atoms with van der Waals surface area (Å²) < 4.78 is 4.99. The van der Waals surface area contributed by atoms with Crippen LogP contribution < -0.4 is 16.0 Å². The Kier molecular flexibility index (Phi) is 5.83. The van der Waals surface area contributed by atoms with Gasteiger partial charge in [0.15, 0.2) is 11.0 Å². The van der Waals surface area contributed by atoms with Crippen LogP contribution in [0.2, 0.25) is 0 Å². The summed E-state index contributed by atoms with van der Waals surface area (Å²) >= 11 is 1.31. The second-order valence-electron chi connectivity index (χ2n) is 4.20. The molecule has 3 amide bonds. The van der Waals surface area contributed by atoms with Gasteiger partial charge in [0.2, 0.25) is 11.8 Å². The summed E-state index contributed by atoms with van der Waals surface area (Å²) in [6.45, 7) is 2.13. The number of nitrogens with zero attached hydrogens (tertiary/aromatic N) is 3. The number of urea groups is 1. The van der Waals surface area contributed by atoms with Gasteiger partial charge in [-0.25, -0.2) is 9.78 Å². The van der Waals surface area contributed by atoms with Crippen LogP contribution in [0, 0.1) is 0 Å². The molecule has 118 valence electrons. The molecular formula is C12H16N6O3S. The van der Waals surface area contributed by atoms with Crippen molar-refractivity contribution >= 4 is 28.4 Å². The molecule has 2 aromatic rings. The van der Waals surface area contributed by atoms with Crippen LogP contribution in [-0.4, -0.2) is 40.2 Å². The van der Waals surface area contributed by atoms with Gasteiger partial charge in [0.1, 0.15) is 0 Å². The molecule has 0 radical (unpaired) electrons. The molecule has 0 unspecified atom stereocenters. The van der Waals surface area contributed by atoms with E-state index >= 15 is 0 Å². The molecule has 2 rings (SSSR count). The monoisotopic (exact) mass is 324 g/mol. The van der Waals surface area contributed by atoms with E-state index in [4.69, 9.17) is 4.52 Å². The van der Waals surface area contributed by atoms with Crippen LogP contribution in [0.4, 0.5) is 9.93 Å². The van der Waals surface area contributed by atoms with Gasteiger partial charge in [-0.05, 0) is 0 Å². The number of carbonyl (C=O) groups is 2. The smallest absolute Gasteiger partial charge is 0.315 e. The zero-order valence-corrected chi connectivity index (χ0v) is 12.8. The Hall–Kier alpha value is -2.49. The van der Waals surface area contributed by atoms with Crippen molar-refractivity contribution in [2.45, 2.75) is 19.8 Å². The summed E-state index contributed by atoms with van der Waals surface area (Å²) in [7, 11) is 0. The van der Waals surface area contributed by atoms with Gasteiger partial charge in [0.25, 0.3) is 0 Å². The van der Waals surface area contributed by atoms with E-state index in [1.165, 1.54) is 11.3 Å². The molecule has 0 saturated heterocycles. The number of anilines is 1. The van der Waals surface area contributed by atoms with E-state index in [1.54, 1.807) is 11.6 Å². The van der Waals surface area contributed by atoms with Crippen molar-refractivity contribution in [3.8, 4) is 0 Å². The zero-order valence-electron chi connectivity index (χ0n) is 12.0. The number of aryl methyl sites for hydroxylation is 1. The van der Waals surface area contributed by atoms with Crippen molar-refractivity contribution in [2.24, 2.45) is 0 Å². The highest BCUT2D eigenvalue weighted by atomic mass is 32.1. The number of nitrogens with one attached hydrogen (secondary N) is 3. The molecular weight excluding hydrogens is 308 g/mol. The minimum atomic E-state index is -0.440. The van der Waals surface area contributed by atoms with Gasteiger partial charge >= 0.3 is 6.03 Å². The molecule has 0 atom stereocenters. The number of rotatable bonds is 7. The van der Waals surface area contributed by atoms with Gasteiger partial charge in [0, 0.05) is 31.0 Å². The molecule has 0 aliphatic rings. The average Bonchev–Trinajstić information content (AvgIpc) is 3.16. The third kappa shape index (κ3) is 5.13. The van der Waals surface area contributed by atoms with Crippen LogP contribution in [0.1, 0.15) is 18.6 Å². The highest BCUT2D eigenvalue weighted by Gasteiger charge is 2.08. The summed E-state index contributed by atoms with van der Waals surface area (Å²) in [5.74, 6) is 0.770. The lowest BCUT2D eigenvalue weighted by atomic mass is 10.4. The maximum atomic E-state index is 11.5. The summed E-state index contributed by atoms with van der Waals surface area (Å²) in [5, 5.41) is 13.6. The molecule has 10 heteroatoms. The molecule has 0 aliphatic carbocycles. The molecule has 0 bridgehead atoms. The zero-order chi connectivity index (χ0) is 15.8. The van der Waals surface area contributed by atoms with Gasteiger partial charge in [-0.3, -0.25) is 4.79 Å². The first kappa shape index (κ1) is 15.9. The number of hydrogen-bond acceptors (Lipinski definition) is 7. The topological polar surface area (TPSA) is 122 Å². The van der Waals surface area contributed by atoms with Crippen LogP contribution in [0.25, 0.3) is 0 Å². The van der Waals surface area contributed by atoms with E-state index in [2.05, 4.69) is 31.1 Å². The summed E-state index contributed by atoms with van der Waals surface area (Å²) in [4.78, 5) is 31.1. The van der Waals surface area contributed by atoms with Crippen molar-refractivity contribution in [1.29, 1.82) is 0 Å². The van der Waals surface area contributed by atoms with Crippen LogP contribution in [-0.2, 0) is 17.6 Å². The molecule has 2 aromatic heterocycles. The Morgan fingerprint density at radius 1 is 1.36 bits per heavy atom. The Balaban J connectivity index is 1.60. The van der Waals surface area contributed by atoms with Crippen molar-refractivity contribution in [3.05, 3.63) is 23.3 Å². The first-order valence-electron chi connectivity index (χ1n) is 6.70. The molecule has 0 saturated carbocycles. The lowest BCUT2D eigenvalue weighted by Gasteiger charge is -2.06. The molecule has 9 nitrogen and oxygen atoms in total. The standard InChI is InChI=1S/C12H16N6O3S/c1-2-8-16-10(21-18-8)3-4-13-11(20)15-7-9(19)17-12-14-5-6-22-12/h5-6H,2-4,7H2,1H3,(H2,13,15,20)(H,14,17,19). The SMILES string of the molecule is CCc1noc(CCNC(=O)NCC(=O)Nc2nccs2)n1. The molecule has 0 aliphatic heterocycles. The van der Waals surface area contributed by atoms with Crippen LogP contribution in [0.15, 0.2) is 16.1 Å². The normalized spacial score (nSPS) is 10.2. The van der Waals surface area contributed by atoms with Gasteiger partial charge in [0.05, 0.1) is 6.54 Å². The predicted octanol–water partition coefficient (Wildman–Crippen LogP) is 0.569. The first-order valence-corrected chi connectivity index (χ1v) is 7.58. The second-order valence-corrected chi connectivity index (χ2v) is 5.10. The molecule has 0 spiro atoms. The summed E-state index contributed by atoms with van der Waals surface area (Å²) in [6, 6.07) is -0.440. The molecule has 0 aromatic carbocycles. The quantitative estimate of drug-likeness (QED) is 0.684. The second kappa shape index (κ2) is 8.08. The Morgan fingerprint density at radius 2 is 2.23 bits per heavy atom.